The fourth-order valence-corrected chi connectivity index (χ4v) is 7.51. The van der Waals surface area contributed by atoms with Crippen molar-refractivity contribution in [3.05, 3.63) is 109 Å². The summed E-state index contributed by atoms with van der Waals surface area (Å²) in [7, 11) is 0. The van der Waals surface area contributed by atoms with Crippen LogP contribution in [0.3, 0.4) is 0 Å². The largest absolute Gasteiger partial charge is 0.489 e. The number of hydrogen-bond acceptors (Lipinski definition) is 6. The Kier molecular flexibility index (Phi) is 6.14. The van der Waals surface area contributed by atoms with Gasteiger partial charge in [-0.3, -0.25) is 14.4 Å². The fourth-order valence-electron chi connectivity index (χ4n) is 4.79. The van der Waals surface area contributed by atoms with Crippen LogP contribution in [0.4, 0.5) is 10.1 Å². The quantitative estimate of drug-likeness (QED) is 0.326. The number of thioether (sulfide) groups is 1. The molecule has 1 fully saturated rings. The molecule has 0 saturated carbocycles. The van der Waals surface area contributed by atoms with E-state index in [0.29, 0.717) is 28.1 Å². The smallest absolute Gasteiger partial charge is 0.305 e. The summed E-state index contributed by atoms with van der Waals surface area (Å²) in [5.74, 6) is -1.77. The molecule has 0 aliphatic carbocycles. The summed E-state index contributed by atoms with van der Waals surface area (Å²) in [6.45, 7) is 0.341. The van der Waals surface area contributed by atoms with Crippen molar-refractivity contribution in [3.63, 3.8) is 0 Å². The first-order valence-electron chi connectivity index (χ1n) is 11.4. The minimum Gasteiger partial charge on any atom is -0.489 e. The lowest BCUT2D eigenvalue weighted by molar-refractivity contribution is -0.122. The van der Waals surface area contributed by atoms with Gasteiger partial charge < -0.3 is 9.72 Å². The van der Waals surface area contributed by atoms with E-state index in [1.165, 1.54) is 36.0 Å². The lowest BCUT2D eigenvalue weighted by Crippen LogP contribution is -2.32. The van der Waals surface area contributed by atoms with Gasteiger partial charge in [0.1, 0.15) is 23.4 Å². The van der Waals surface area contributed by atoms with Gasteiger partial charge in [-0.25, -0.2) is 9.29 Å². The van der Waals surface area contributed by atoms with Crippen LogP contribution in [0.5, 0.6) is 5.75 Å². The van der Waals surface area contributed by atoms with Crippen LogP contribution in [0.2, 0.25) is 5.02 Å². The normalized spacial score (nSPS) is 20.6. The number of anilines is 1. The Hall–Kier alpha value is -3.40. The van der Waals surface area contributed by atoms with Crippen LogP contribution in [0.15, 0.2) is 82.6 Å². The lowest BCUT2D eigenvalue weighted by Gasteiger charge is -2.29. The number of aromatic nitrogens is 1. The second kappa shape index (κ2) is 9.48. The van der Waals surface area contributed by atoms with Crippen LogP contribution < -0.4 is 14.5 Å². The average Bonchev–Trinajstić information content (AvgIpc) is 3.38. The van der Waals surface area contributed by atoms with Gasteiger partial charge in [-0.15, -0.1) is 0 Å². The second-order valence-electron chi connectivity index (χ2n) is 8.73. The SMILES string of the molecule is O=C1C2Sc3[nH]c(=O)sc3[C@H](c3ccc(OCc4cccc(Cl)c4)cc3)C2C(=O)N1c1ccc(F)cc1. The van der Waals surface area contributed by atoms with Crippen molar-refractivity contribution in [2.24, 2.45) is 5.92 Å². The van der Waals surface area contributed by atoms with Gasteiger partial charge in [0, 0.05) is 15.8 Å². The van der Waals surface area contributed by atoms with E-state index in [2.05, 4.69) is 4.98 Å². The summed E-state index contributed by atoms with van der Waals surface area (Å²) in [5.41, 5.74) is 2.05. The maximum Gasteiger partial charge on any atom is 0.305 e. The fraction of sp³-hybridized carbons (Fsp3) is 0.148. The zero-order chi connectivity index (χ0) is 25.7. The van der Waals surface area contributed by atoms with E-state index in [0.717, 1.165) is 32.2 Å². The van der Waals surface area contributed by atoms with E-state index in [1.807, 2.05) is 42.5 Å². The van der Waals surface area contributed by atoms with E-state index in [9.17, 15) is 18.8 Å². The Bertz CT molecular complexity index is 1570. The van der Waals surface area contributed by atoms with Gasteiger partial charge in [-0.1, -0.05) is 59.0 Å². The molecule has 2 amide bonds. The average molecular weight is 553 g/mol. The Morgan fingerprint density at radius 1 is 0.973 bits per heavy atom. The van der Waals surface area contributed by atoms with Crippen LogP contribution in [-0.2, 0) is 16.2 Å². The van der Waals surface area contributed by atoms with Gasteiger partial charge in [-0.2, -0.15) is 0 Å². The third-order valence-electron chi connectivity index (χ3n) is 6.44. The Morgan fingerprint density at radius 2 is 1.73 bits per heavy atom. The Labute approximate surface area is 224 Å². The lowest BCUT2D eigenvalue weighted by atomic mass is 9.83. The third kappa shape index (κ3) is 4.37. The minimum atomic E-state index is -0.709. The number of hydrogen-bond donors (Lipinski definition) is 1. The highest BCUT2D eigenvalue weighted by atomic mass is 35.5. The summed E-state index contributed by atoms with van der Waals surface area (Å²) in [4.78, 5) is 43.7. The Balaban J connectivity index is 1.32. The van der Waals surface area contributed by atoms with E-state index < -0.39 is 22.9 Å². The van der Waals surface area contributed by atoms with E-state index in [1.54, 1.807) is 6.07 Å². The third-order valence-corrected chi connectivity index (χ3v) is 9.08. The molecular formula is C27H18ClFN2O4S2. The number of imide groups is 1. The number of H-pyrrole nitrogens is 1. The van der Waals surface area contributed by atoms with Crippen molar-refractivity contribution >= 4 is 52.2 Å². The van der Waals surface area contributed by atoms with Crippen molar-refractivity contribution in [2.45, 2.75) is 22.8 Å². The van der Waals surface area contributed by atoms with Gasteiger partial charge in [0.25, 0.3) is 0 Å². The molecule has 6 rings (SSSR count). The number of fused-ring (bicyclic) bond motifs is 2. The number of rotatable bonds is 5. The number of nitrogens with zero attached hydrogens (tertiary/aromatic N) is 1. The molecule has 6 nitrogen and oxygen atoms in total. The molecule has 1 aromatic heterocycles. The number of aromatic amines is 1. The molecule has 0 bridgehead atoms. The Morgan fingerprint density at radius 3 is 2.46 bits per heavy atom. The summed E-state index contributed by atoms with van der Waals surface area (Å²) in [6.07, 6.45) is 0. The van der Waals surface area contributed by atoms with Crippen LogP contribution in [0.1, 0.15) is 21.9 Å². The molecule has 4 aromatic rings. The predicted octanol–water partition coefficient (Wildman–Crippen LogP) is 5.60. The van der Waals surface area contributed by atoms with Gasteiger partial charge >= 0.3 is 4.87 Å². The highest BCUT2D eigenvalue weighted by molar-refractivity contribution is 8.00. The van der Waals surface area contributed by atoms with Crippen LogP contribution in [0, 0.1) is 11.7 Å². The number of thiazole rings is 1. The molecule has 2 unspecified atom stereocenters. The maximum atomic E-state index is 13.7. The predicted molar refractivity (Wildman–Crippen MR) is 141 cm³/mol. The van der Waals surface area contributed by atoms with E-state index in [-0.39, 0.29) is 16.7 Å². The number of ether oxygens (including phenoxy) is 1. The van der Waals surface area contributed by atoms with Crippen LogP contribution in [0.25, 0.3) is 0 Å². The second-order valence-corrected chi connectivity index (χ2v) is 11.3. The molecule has 0 spiro atoms. The van der Waals surface area contributed by atoms with E-state index >= 15 is 0 Å². The zero-order valence-corrected chi connectivity index (χ0v) is 21.4. The first kappa shape index (κ1) is 24.0. The van der Waals surface area contributed by atoms with Gasteiger partial charge in [0.2, 0.25) is 11.8 Å². The molecule has 3 aromatic carbocycles. The molecule has 3 atom stereocenters. The number of amides is 2. The minimum absolute atomic E-state index is 0.237. The van der Waals surface area contributed by atoms with Crippen LogP contribution in [-0.4, -0.2) is 22.0 Å². The molecule has 1 N–H and O–H groups in total. The highest BCUT2D eigenvalue weighted by Crippen LogP contribution is 2.53. The monoisotopic (exact) mass is 552 g/mol. The molecule has 186 valence electrons. The zero-order valence-electron chi connectivity index (χ0n) is 19.0. The van der Waals surface area contributed by atoms with Crippen molar-refractivity contribution in [1.29, 1.82) is 0 Å². The maximum absolute atomic E-state index is 13.7. The standard InChI is InChI=1S/C27H18ClFN2O4S2/c28-16-3-1-2-14(12-16)13-35-19-10-4-15(5-11-19)20-21-23(36-24-22(20)37-27(34)30-24)26(33)31(25(21)32)18-8-6-17(29)7-9-18/h1-12,20-21,23H,13H2,(H,30,34)/t20-,21?,23?/m1/s1. The van der Waals surface area contributed by atoms with Gasteiger partial charge in [0.15, 0.2) is 0 Å². The number of benzene rings is 3. The first-order chi connectivity index (χ1) is 17.9. The molecule has 1 saturated heterocycles. The summed E-state index contributed by atoms with van der Waals surface area (Å²) < 4.78 is 19.4. The molecule has 2 aliphatic rings. The summed E-state index contributed by atoms with van der Waals surface area (Å²) in [5, 5.41) is 0.525. The molecular weight excluding hydrogens is 535 g/mol. The van der Waals surface area contributed by atoms with Gasteiger partial charge in [0.05, 0.1) is 16.6 Å². The molecule has 3 heterocycles. The van der Waals surface area contributed by atoms with Crippen molar-refractivity contribution in [1.82, 2.24) is 4.98 Å². The summed E-state index contributed by atoms with van der Waals surface area (Å²) in [6, 6.07) is 20.0. The molecule has 2 aliphatic heterocycles. The number of nitrogens with one attached hydrogen (secondary N) is 1. The number of carbonyl (C=O) groups excluding carboxylic acids is 2. The van der Waals surface area contributed by atoms with Crippen LogP contribution >= 0.6 is 34.7 Å². The van der Waals surface area contributed by atoms with Crippen molar-refractivity contribution < 1.29 is 18.7 Å². The molecule has 0 radical (unpaired) electrons. The van der Waals surface area contributed by atoms with Crippen molar-refractivity contribution in [2.75, 3.05) is 4.90 Å². The topological polar surface area (TPSA) is 79.5 Å². The van der Waals surface area contributed by atoms with Gasteiger partial charge in [-0.05, 0) is 59.7 Å². The first-order valence-corrected chi connectivity index (χ1v) is 13.5. The highest BCUT2D eigenvalue weighted by Gasteiger charge is 2.56. The molecule has 10 heteroatoms. The van der Waals surface area contributed by atoms with E-state index in [4.69, 9.17) is 16.3 Å². The summed E-state index contributed by atoms with van der Waals surface area (Å²) >= 11 is 8.30. The number of halogens is 2. The van der Waals surface area contributed by atoms with Crippen molar-refractivity contribution in [3.8, 4) is 5.75 Å². The number of carbonyl (C=O) groups is 2. The molecule has 37 heavy (non-hydrogen) atoms.